The predicted octanol–water partition coefficient (Wildman–Crippen LogP) is 3.79. The van der Waals surface area contributed by atoms with Gasteiger partial charge in [-0.05, 0) is 43.3 Å². The number of imidazole rings is 1. The topological polar surface area (TPSA) is 46.9 Å². The molecule has 1 N–H and O–H groups in total. The van der Waals surface area contributed by atoms with E-state index in [1.165, 1.54) is 0 Å². The Balaban J connectivity index is 1.89. The Morgan fingerprint density at radius 3 is 2.81 bits per heavy atom. The van der Waals surface area contributed by atoms with Crippen LogP contribution >= 0.6 is 11.6 Å². The normalized spacial score (nSPS) is 10.8. The fourth-order valence-electron chi connectivity index (χ4n) is 2.23. The van der Waals surface area contributed by atoms with Crippen LogP contribution < -0.4 is 5.32 Å². The Morgan fingerprint density at radius 1 is 1.24 bits per heavy atom. The summed E-state index contributed by atoms with van der Waals surface area (Å²) in [7, 11) is 1.97. The molecule has 4 nitrogen and oxygen atoms in total. The minimum atomic E-state index is -0.190. The highest BCUT2D eigenvalue weighted by Crippen LogP contribution is 2.20. The van der Waals surface area contributed by atoms with E-state index in [1.54, 1.807) is 24.3 Å². The van der Waals surface area contributed by atoms with Crippen molar-refractivity contribution in [2.24, 2.45) is 7.05 Å². The van der Waals surface area contributed by atoms with Crippen LogP contribution in [0.3, 0.4) is 0 Å². The van der Waals surface area contributed by atoms with Crippen LogP contribution in [0.2, 0.25) is 5.02 Å². The molecule has 21 heavy (non-hydrogen) atoms. The van der Waals surface area contributed by atoms with Gasteiger partial charge in [0.25, 0.3) is 5.91 Å². The molecule has 3 rings (SSSR count). The maximum absolute atomic E-state index is 12.2. The van der Waals surface area contributed by atoms with Crippen molar-refractivity contribution >= 4 is 34.2 Å². The molecule has 3 aromatic rings. The van der Waals surface area contributed by atoms with Crippen LogP contribution in [-0.4, -0.2) is 15.5 Å². The van der Waals surface area contributed by atoms with Crippen LogP contribution in [0, 0.1) is 6.92 Å². The third-order valence-electron chi connectivity index (χ3n) is 3.45. The van der Waals surface area contributed by atoms with E-state index in [4.69, 9.17) is 11.6 Å². The Bertz CT molecular complexity index is 839. The number of nitrogens with zero attached hydrogens (tertiary/aromatic N) is 2. The molecule has 0 atom stereocenters. The fourth-order valence-corrected chi connectivity index (χ4v) is 2.42. The largest absolute Gasteiger partial charge is 0.331 e. The lowest BCUT2D eigenvalue weighted by Gasteiger charge is -2.06. The number of carbonyl (C=O) groups excluding carboxylic acids is 1. The first-order valence-electron chi connectivity index (χ1n) is 6.54. The second kappa shape index (κ2) is 5.22. The van der Waals surface area contributed by atoms with Gasteiger partial charge in [0.05, 0.1) is 11.0 Å². The number of halogens is 1. The lowest BCUT2D eigenvalue weighted by Crippen LogP contribution is -2.11. The number of aryl methyl sites for hydroxylation is 2. The van der Waals surface area contributed by atoms with Crippen molar-refractivity contribution in [3.05, 3.63) is 58.9 Å². The first-order valence-corrected chi connectivity index (χ1v) is 6.92. The van der Waals surface area contributed by atoms with Crippen molar-refractivity contribution in [1.82, 2.24) is 9.55 Å². The number of carbonyl (C=O) groups is 1. The summed E-state index contributed by atoms with van der Waals surface area (Å²) in [5.41, 5.74) is 3.14. The molecule has 0 saturated carbocycles. The Hall–Kier alpha value is -2.33. The standard InChI is InChI=1S/C16H14ClN3O/c1-10-18-14-9-13(6-7-15(14)20(10)2)19-16(21)11-4-3-5-12(17)8-11/h3-9H,1-2H3,(H,19,21). The summed E-state index contributed by atoms with van der Waals surface area (Å²) < 4.78 is 2.01. The van der Waals surface area contributed by atoms with Gasteiger partial charge in [0.2, 0.25) is 0 Å². The van der Waals surface area contributed by atoms with Gasteiger partial charge < -0.3 is 9.88 Å². The van der Waals surface area contributed by atoms with E-state index in [2.05, 4.69) is 10.3 Å². The molecule has 0 aliphatic heterocycles. The molecule has 1 aromatic heterocycles. The molecule has 2 aromatic carbocycles. The number of benzene rings is 2. The van der Waals surface area contributed by atoms with Gasteiger partial charge >= 0.3 is 0 Å². The highest BCUT2D eigenvalue weighted by Gasteiger charge is 2.09. The number of hydrogen-bond donors (Lipinski definition) is 1. The average molecular weight is 300 g/mol. The van der Waals surface area contributed by atoms with Gasteiger partial charge in [-0.15, -0.1) is 0 Å². The van der Waals surface area contributed by atoms with E-state index >= 15 is 0 Å². The maximum atomic E-state index is 12.2. The van der Waals surface area contributed by atoms with E-state index < -0.39 is 0 Å². The Kier molecular flexibility index (Phi) is 3.39. The zero-order valence-electron chi connectivity index (χ0n) is 11.7. The van der Waals surface area contributed by atoms with Crippen molar-refractivity contribution in [3.63, 3.8) is 0 Å². The molecule has 0 bridgehead atoms. The molecule has 1 amide bonds. The zero-order chi connectivity index (χ0) is 15.0. The summed E-state index contributed by atoms with van der Waals surface area (Å²) in [4.78, 5) is 16.6. The minimum absolute atomic E-state index is 0.190. The first kappa shape index (κ1) is 13.6. The predicted molar refractivity (Wildman–Crippen MR) is 84.9 cm³/mol. The van der Waals surface area contributed by atoms with Gasteiger partial charge in [-0.2, -0.15) is 0 Å². The molecule has 0 saturated heterocycles. The third kappa shape index (κ3) is 2.62. The zero-order valence-corrected chi connectivity index (χ0v) is 12.5. The second-order valence-electron chi connectivity index (χ2n) is 4.89. The number of rotatable bonds is 2. The number of anilines is 1. The molecule has 0 aliphatic rings. The number of fused-ring (bicyclic) bond motifs is 1. The van der Waals surface area contributed by atoms with E-state index in [9.17, 15) is 4.79 Å². The van der Waals surface area contributed by atoms with E-state index in [0.717, 1.165) is 16.9 Å². The molecule has 0 radical (unpaired) electrons. The summed E-state index contributed by atoms with van der Waals surface area (Å²) >= 11 is 5.90. The molecular formula is C16H14ClN3O. The van der Waals surface area contributed by atoms with Crippen molar-refractivity contribution in [1.29, 1.82) is 0 Å². The lowest BCUT2D eigenvalue weighted by molar-refractivity contribution is 0.102. The van der Waals surface area contributed by atoms with Gasteiger partial charge in [0, 0.05) is 23.3 Å². The molecule has 5 heteroatoms. The molecule has 1 heterocycles. The van der Waals surface area contributed by atoms with Gasteiger partial charge in [-0.1, -0.05) is 17.7 Å². The summed E-state index contributed by atoms with van der Waals surface area (Å²) in [6.07, 6.45) is 0. The van der Waals surface area contributed by atoms with E-state index in [0.29, 0.717) is 16.3 Å². The summed E-state index contributed by atoms with van der Waals surface area (Å²) in [5.74, 6) is 0.743. The van der Waals surface area contributed by atoms with E-state index in [1.807, 2.05) is 36.7 Å². The molecule has 0 aliphatic carbocycles. The van der Waals surface area contributed by atoms with E-state index in [-0.39, 0.29) is 5.91 Å². The number of hydrogen-bond acceptors (Lipinski definition) is 2. The average Bonchev–Trinajstić information content (AvgIpc) is 2.73. The minimum Gasteiger partial charge on any atom is -0.331 e. The highest BCUT2D eigenvalue weighted by atomic mass is 35.5. The fraction of sp³-hybridized carbons (Fsp3) is 0.125. The number of nitrogens with one attached hydrogen (secondary N) is 1. The van der Waals surface area contributed by atoms with Crippen molar-refractivity contribution in [3.8, 4) is 0 Å². The van der Waals surface area contributed by atoms with Crippen LogP contribution in [0.1, 0.15) is 16.2 Å². The summed E-state index contributed by atoms with van der Waals surface area (Å²) in [5, 5.41) is 3.40. The van der Waals surface area contributed by atoms with Gasteiger partial charge in [-0.25, -0.2) is 4.98 Å². The van der Waals surface area contributed by atoms with Crippen LogP contribution in [0.4, 0.5) is 5.69 Å². The lowest BCUT2D eigenvalue weighted by atomic mass is 10.2. The van der Waals surface area contributed by atoms with Crippen LogP contribution in [-0.2, 0) is 7.05 Å². The molecular weight excluding hydrogens is 286 g/mol. The first-order chi connectivity index (χ1) is 10.0. The molecule has 0 fully saturated rings. The van der Waals surface area contributed by atoms with Gasteiger partial charge in [0.15, 0.2) is 0 Å². The van der Waals surface area contributed by atoms with Crippen LogP contribution in [0.15, 0.2) is 42.5 Å². The second-order valence-corrected chi connectivity index (χ2v) is 5.32. The number of amides is 1. The van der Waals surface area contributed by atoms with Crippen molar-refractivity contribution in [2.45, 2.75) is 6.92 Å². The maximum Gasteiger partial charge on any atom is 0.255 e. The van der Waals surface area contributed by atoms with Crippen LogP contribution in [0.5, 0.6) is 0 Å². The summed E-state index contributed by atoms with van der Waals surface area (Å²) in [6, 6.07) is 12.5. The van der Waals surface area contributed by atoms with Crippen LogP contribution in [0.25, 0.3) is 11.0 Å². The molecule has 106 valence electrons. The smallest absolute Gasteiger partial charge is 0.255 e. The quantitative estimate of drug-likeness (QED) is 0.782. The highest BCUT2D eigenvalue weighted by molar-refractivity contribution is 6.31. The Morgan fingerprint density at radius 2 is 2.05 bits per heavy atom. The summed E-state index contributed by atoms with van der Waals surface area (Å²) in [6.45, 7) is 1.95. The third-order valence-corrected chi connectivity index (χ3v) is 3.68. The van der Waals surface area contributed by atoms with Gasteiger partial charge in [-0.3, -0.25) is 4.79 Å². The van der Waals surface area contributed by atoms with Crippen molar-refractivity contribution in [2.75, 3.05) is 5.32 Å². The monoisotopic (exact) mass is 299 g/mol. The SMILES string of the molecule is Cc1nc2cc(NC(=O)c3cccc(Cl)c3)ccc2n1C. The number of aromatic nitrogens is 2. The van der Waals surface area contributed by atoms with Gasteiger partial charge in [0.1, 0.15) is 5.82 Å². The molecule has 0 unspecified atom stereocenters. The molecule has 0 spiro atoms. The van der Waals surface area contributed by atoms with Crippen molar-refractivity contribution < 1.29 is 4.79 Å². The Labute approximate surface area is 127 Å².